The summed E-state index contributed by atoms with van der Waals surface area (Å²) in [6.45, 7) is 0. The maximum absolute atomic E-state index is 8.56. The quantitative estimate of drug-likeness (QED) is 0.200. The van der Waals surface area contributed by atoms with Crippen molar-refractivity contribution < 1.29 is 30.8 Å². The van der Waals surface area contributed by atoms with E-state index >= 15 is 0 Å². The van der Waals surface area contributed by atoms with Gasteiger partial charge in [0.1, 0.15) is 0 Å². The van der Waals surface area contributed by atoms with Gasteiger partial charge in [0.25, 0.3) is 0 Å². The van der Waals surface area contributed by atoms with E-state index in [-0.39, 0.29) is 23.5 Å². The zero-order chi connectivity index (χ0) is 8.08. The van der Waals surface area contributed by atoms with E-state index in [9.17, 15) is 0 Å². The summed E-state index contributed by atoms with van der Waals surface area (Å²) in [7, 11) is -5.17. The first-order chi connectivity index (χ1) is 3.73. The summed E-state index contributed by atoms with van der Waals surface area (Å²) >= 11 is -2.86. The van der Waals surface area contributed by atoms with Crippen molar-refractivity contribution in [2.24, 2.45) is 0 Å². The summed E-state index contributed by atoms with van der Waals surface area (Å²) in [4.78, 5) is 0. The van der Waals surface area contributed by atoms with Crippen LogP contribution in [-0.2, 0) is 21.8 Å². The van der Waals surface area contributed by atoms with Gasteiger partial charge in [-0.2, -0.15) is 0 Å². The molecule has 8 nitrogen and oxygen atoms in total. The zero-order valence-corrected chi connectivity index (χ0v) is 7.79. The second kappa shape index (κ2) is 10.4. The molecular weight excluding hydrogens is 217 g/mol. The second-order valence-electron chi connectivity index (χ2n) is 0.625. The molecule has 0 aliphatic heterocycles. The van der Waals surface area contributed by atoms with Crippen LogP contribution in [0.25, 0.3) is 0 Å². The van der Waals surface area contributed by atoms with Crippen LogP contribution in [0.2, 0.25) is 0 Å². The molecule has 0 aromatic heterocycles. The first-order valence-corrected chi connectivity index (χ1v) is 3.55. The van der Waals surface area contributed by atoms with Crippen molar-refractivity contribution in [1.82, 2.24) is 6.15 Å². The zero-order valence-electron chi connectivity index (χ0n) is 5.00. The molecule has 0 radical (unpaired) electrons. The Morgan fingerprint density at radius 2 is 1.27 bits per heavy atom. The van der Waals surface area contributed by atoms with Crippen LogP contribution in [0.3, 0.4) is 0 Å². The van der Waals surface area contributed by atoms with Crippen molar-refractivity contribution >= 4 is 39.1 Å². The minimum Gasteiger partial charge on any atom is -0.759 e. The van der Waals surface area contributed by atoms with Crippen molar-refractivity contribution in [2.75, 3.05) is 0 Å². The Bertz CT molecular complexity index is 159. The van der Waals surface area contributed by atoms with E-state index in [0.717, 1.165) is 0 Å². The third kappa shape index (κ3) is 3970. The Morgan fingerprint density at radius 1 is 1.27 bits per heavy atom. The van der Waals surface area contributed by atoms with Crippen LogP contribution in [0.15, 0.2) is 0 Å². The summed E-state index contributed by atoms with van der Waals surface area (Å²) in [5.74, 6) is 0. The van der Waals surface area contributed by atoms with Gasteiger partial charge in [0, 0.05) is 10.4 Å². The van der Waals surface area contributed by atoms with E-state index in [1.54, 1.807) is 0 Å². The van der Waals surface area contributed by atoms with Gasteiger partial charge in [-0.25, -0.2) is 4.21 Å². The fraction of sp³-hybridized carbons (Fsp3) is 0. The normalized spacial score (nSPS) is 10.9. The Balaban J connectivity index is -0.0000000383. The number of rotatable bonds is 0. The maximum atomic E-state index is 8.56. The van der Waals surface area contributed by atoms with Crippen molar-refractivity contribution in [3.8, 4) is 0 Å². The molecule has 11 heteroatoms. The second-order valence-corrected chi connectivity index (χ2v) is 1.88. The molecule has 0 aliphatic carbocycles. The summed E-state index contributed by atoms with van der Waals surface area (Å²) < 4.78 is 58.2. The van der Waals surface area contributed by atoms with E-state index in [4.69, 9.17) is 30.8 Å². The van der Waals surface area contributed by atoms with E-state index in [1.807, 2.05) is 0 Å². The Labute approximate surface area is 76.4 Å². The SMILES string of the molecule is N.O=S(=O)([O-])[O-].O=S([O-])O.[Al+3]. The van der Waals surface area contributed by atoms with Crippen LogP contribution in [-0.4, -0.2) is 48.2 Å². The molecule has 0 bridgehead atoms. The topological polar surface area (TPSA) is 176 Å². The average Bonchev–Trinajstić information content (AvgIpc) is 1.19. The van der Waals surface area contributed by atoms with E-state index in [0.29, 0.717) is 0 Å². The van der Waals surface area contributed by atoms with Gasteiger partial charge in [-0.15, -0.1) is 0 Å². The van der Waals surface area contributed by atoms with Crippen LogP contribution in [0, 0.1) is 0 Å². The number of hydrogen-bond donors (Lipinski definition) is 2. The average molecular weight is 221 g/mol. The molecule has 1 unspecified atom stereocenters. The van der Waals surface area contributed by atoms with Crippen molar-refractivity contribution in [2.45, 2.75) is 0 Å². The van der Waals surface area contributed by atoms with Gasteiger partial charge in [-0.1, -0.05) is 0 Å². The summed E-state index contributed by atoms with van der Waals surface area (Å²) in [6, 6.07) is 0. The first-order valence-electron chi connectivity index (χ1n) is 1.18. The summed E-state index contributed by atoms with van der Waals surface area (Å²) in [5, 5.41) is 0. The molecule has 0 saturated heterocycles. The monoisotopic (exact) mass is 221 g/mol. The molecule has 0 spiro atoms. The molecule has 0 fully saturated rings. The molecule has 0 heterocycles. The van der Waals surface area contributed by atoms with Crippen molar-refractivity contribution in [3.05, 3.63) is 0 Å². The van der Waals surface area contributed by atoms with Crippen LogP contribution in [0.4, 0.5) is 0 Å². The van der Waals surface area contributed by atoms with Crippen LogP contribution >= 0.6 is 0 Å². The fourth-order valence-corrected chi connectivity index (χ4v) is 0. The van der Waals surface area contributed by atoms with Gasteiger partial charge >= 0.3 is 17.4 Å². The molecule has 4 N–H and O–H groups in total. The molecule has 11 heavy (non-hydrogen) atoms. The third-order valence-corrected chi connectivity index (χ3v) is 0. The van der Waals surface area contributed by atoms with Crippen molar-refractivity contribution in [3.63, 3.8) is 0 Å². The Hall–Kier alpha value is 0.432. The molecule has 0 saturated carbocycles. The Kier molecular flexibility index (Phi) is 21.4. The predicted octanol–water partition coefficient (Wildman–Crippen LogP) is -2.22. The predicted molar refractivity (Wildman–Crippen MR) is 32.8 cm³/mol. The van der Waals surface area contributed by atoms with Crippen LogP contribution < -0.4 is 6.15 Å². The Morgan fingerprint density at radius 3 is 1.27 bits per heavy atom. The molecule has 0 aliphatic rings. The van der Waals surface area contributed by atoms with E-state index in [2.05, 4.69) is 0 Å². The van der Waals surface area contributed by atoms with E-state index in [1.165, 1.54) is 0 Å². The van der Waals surface area contributed by atoms with E-state index < -0.39 is 21.8 Å². The largest absolute Gasteiger partial charge is 3.00 e. The molecule has 1 atom stereocenters. The fourth-order valence-electron chi connectivity index (χ4n) is 0. The molecule has 66 valence electrons. The van der Waals surface area contributed by atoms with Crippen LogP contribution in [0.5, 0.6) is 0 Å². The molecule has 0 aromatic carbocycles. The van der Waals surface area contributed by atoms with Crippen LogP contribution in [0.1, 0.15) is 0 Å². The molecule has 0 rings (SSSR count). The van der Waals surface area contributed by atoms with Gasteiger partial charge in [-0.05, 0) is 0 Å². The smallest absolute Gasteiger partial charge is 0.759 e. The summed E-state index contributed by atoms with van der Waals surface area (Å²) in [5.41, 5.74) is 0. The van der Waals surface area contributed by atoms with Gasteiger partial charge in [-0.3, -0.25) is 8.42 Å². The first kappa shape index (κ1) is 22.5. The standard InChI is InChI=1S/Al.H3N.H2O4S.H2O3S/c;;1-5(2,3)4;1-4(2)3/h;1H3;(H2,1,2,3,4);(H2,1,2,3)/q+3;;;/p-3. The van der Waals surface area contributed by atoms with Gasteiger partial charge < -0.3 is 24.4 Å². The maximum Gasteiger partial charge on any atom is 3.00 e. The van der Waals surface area contributed by atoms with Gasteiger partial charge in [0.2, 0.25) is 0 Å². The van der Waals surface area contributed by atoms with Gasteiger partial charge in [0.05, 0.1) is 11.4 Å². The minimum atomic E-state index is -5.17. The minimum absolute atomic E-state index is 0. The molecular formula is H4AlNO7S2. The third-order valence-electron chi connectivity index (χ3n) is 0. The van der Waals surface area contributed by atoms with Crippen molar-refractivity contribution in [1.29, 1.82) is 0 Å². The van der Waals surface area contributed by atoms with Gasteiger partial charge in [0.15, 0.2) is 0 Å². The molecule has 0 amide bonds. The molecule has 0 aromatic rings. The summed E-state index contributed by atoms with van der Waals surface area (Å²) in [6.07, 6.45) is 0. The number of hydrogen-bond acceptors (Lipinski definition) is 7.